The zero-order valence-electron chi connectivity index (χ0n) is 13.0. The van der Waals surface area contributed by atoms with Crippen LogP contribution in [0.3, 0.4) is 0 Å². The van der Waals surface area contributed by atoms with Crippen molar-refractivity contribution in [1.29, 1.82) is 0 Å². The van der Waals surface area contributed by atoms with E-state index in [0.717, 1.165) is 41.7 Å². The highest BCUT2D eigenvalue weighted by molar-refractivity contribution is 5.44. The lowest BCUT2D eigenvalue weighted by atomic mass is 10.2. The molecule has 2 rings (SSSR count). The molecule has 0 radical (unpaired) electrons. The largest absolute Gasteiger partial charge is 0.493 e. The van der Waals surface area contributed by atoms with Crippen LogP contribution in [0.25, 0.3) is 0 Å². The van der Waals surface area contributed by atoms with Gasteiger partial charge < -0.3 is 14.4 Å². The topological polar surface area (TPSA) is 47.5 Å². The minimum atomic E-state index is 0.722. The molecule has 0 saturated heterocycles. The molecule has 0 aliphatic heterocycles. The minimum absolute atomic E-state index is 0.722. The molecule has 112 valence electrons. The van der Waals surface area contributed by atoms with Crippen LogP contribution in [0.4, 0.5) is 5.95 Å². The van der Waals surface area contributed by atoms with Crippen LogP contribution < -0.4 is 14.4 Å². The van der Waals surface area contributed by atoms with Crippen molar-refractivity contribution < 1.29 is 9.47 Å². The van der Waals surface area contributed by atoms with Crippen molar-refractivity contribution in [2.24, 2.45) is 0 Å². The Morgan fingerprint density at radius 1 is 1.05 bits per heavy atom. The van der Waals surface area contributed by atoms with Gasteiger partial charge in [-0.3, -0.25) is 0 Å². The molecule has 0 fully saturated rings. The fourth-order valence-electron chi connectivity index (χ4n) is 2.07. The maximum atomic E-state index is 5.34. The zero-order chi connectivity index (χ0) is 15.2. The standard InChI is InChI=1S/C16H21N3O2/c1-5-19(16-17-9-12(2)10-18-16)11-13-6-7-14(20-3)15(8-13)21-4/h6-10H,5,11H2,1-4H3. The molecule has 0 atom stereocenters. The molecule has 0 aliphatic carbocycles. The number of benzene rings is 1. The first-order chi connectivity index (χ1) is 10.2. The average Bonchev–Trinajstić information content (AvgIpc) is 2.53. The number of aryl methyl sites for hydroxylation is 1. The number of methoxy groups -OCH3 is 2. The Morgan fingerprint density at radius 3 is 2.29 bits per heavy atom. The van der Waals surface area contributed by atoms with Gasteiger partial charge in [-0.15, -0.1) is 0 Å². The quantitative estimate of drug-likeness (QED) is 0.817. The first kappa shape index (κ1) is 15.1. The Morgan fingerprint density at radius 2 is 1.71 bits per heavy atom. The molecule has 0 bridgehead atoms. The van der Waals surface area contributed by atoms with Crippen molar-refractivity contribution in [3.8, 4) is 11.5 Å². The lowest BCUT2D eigenvalue weighted by molar-refractivity contribution is 0.354. The Hall–Kier alpha value is -2.30. The summed E-state index contributed by atoms with van der Waals surface area (Å²) in [5, 5.41) is 0. The second kappa shape index (κ2) is 6.92. The van der Waals surface area contributed by atoms with Gasteiger partial charge in [-0.05, 0) is 37.1 Å². The van der Waals surface area contributed by atoms with E-state index in [4.69, 9.17) is 9.47 Å². The van der Waals surface area contributed by atoms with Crippen LogP contribution in [-0.2, 0) is 6.54 Å². The van der Waals surface area contributed by atoms with Crippen molar-refractivity contribution in [3.05, 3.63) is 41.7 Å². The van der Waals surface area contributed by atoms with Gasteiger partial charge in [0.05, 0.1) is 14.2 Å². The Kier molecular flexibility index (Phi) is 4.98. The van der Waals surface area contributed by atoms with E-state index in [1.807, 2.05) is 37.5 Å². The summed E-state index contributed by atoms with van der Waals surface area (Å²) >= 11 is 0. The van der Waals surface area contributed by atoms with Crippen LogP contribution in [0.5, 0.6) is 11.5 Å². The SMILES string of the molecule is CCN(Cc1ccc(OC)c(OC)c1)c1ncc(C)cn1. The van der Waals surface area contributed by atoms with Gasteiger partial charge in [0.1, 0.15) is 0 Å². The molecule has 0 aliphatic rings. The van der Waals surface area contributed by atoms with Crippen LogP contribution in [0, 0.1) is 6.92 Å². The average molecular weight is 287 g/mol. The van der Waals surface area contributed by atoms with E-state index in [1.54, 1.807) is 14.2 Å². The maximum absolute atomic E-state index is 5.34. The van der Waals surface area contributed by atoms with Gasteiger partial charge in [0.2, 0.25) is 5.95 Å². The third kappa shape index (κ3) is 3.62. The monoisotopic (exact) mass is 287 g/mol. The first-order valence-corrected chi connectivity index (χ1v) is 6.92. The lowest BCUT2D eigenvalue weighted by Gasteiger charge is -2.21. The number of anilines is 1. The highest BCUT2D eigenvalue weighted by atomic mass is 16.5. The summed E-state index contributed by atoms with van der Waals surface area (Å²) in [4.78, 5) is 10.9. The van der Waals surface area contributed by atoms with Crippen LogP contribution in [-0.4, -0.2) is 30.7 Å². The number of aromatic nitrogens is 2. The van der Waals surface area contributed by atoms with Crippen LogP contribution in [0.2, 0.25) is 0 Å². The lowest BCUT2D eigenvalue weighted by Crippen LogP contribution is -2.24. The van der Waals surface area contributed by atoms with E-state index in [-0.39, 0.29) is 0 Å². The van der Waals surface area contributed by atoms with Crippen LogP contribution in [0.15, 0.2) is 30.6 Å². The molecule has 0 spiro atoms. The highest BCUT2D eigenvalue weighted by Crippen LogP contribution is 2.28. The molecule has 0 unspecified atom stereocenters. The van der Waals surface area contributed by atoms with Gasteiger partial charge in [0.25, 0.3) is 0 Å². The van der Waals surface area contributed by atoms with Gasteiger partial charge >= 0.3 is 0 Å². The molecule has 0 amide bonds. The van der Waals surface area contributed by atoms with Crippen molar-refractivity contribution in [3.63, 3.8) is 0 Å². The summed E-state index contributed by atoms with van der Waals surface area (Å²) in [6.07, 6.45) is 3.67. The summed E-state index contributed by atoms with van der Waals surface area (Å²) in [5.41, 5.74) is 2.18. The van der Waals surface area contributed by atoms with E-state index in [2.05, 4.69) is 21.8 Å². The third-order valence-corrected chi connectivity index (χ3v) is 3.25. The van der Waals surface area contributed by atoms with Crippen LogP contribution >= 0.6 is 0 Å². The molecule has 1 heterocycles. The van der Waals surface area contributed by atoms with Crippen molar-refractivity contribution in [2.45, 2.75) is 20.4 Å². The number of ether oxygens (including phenoxy) is 2. The van der Waals surface area contributed by atoms with E-state index < -0.39 is 0 Å². The van der Waals surface area contributed by atoms with E-state index in [9.17, 15) is 0 Å². The van der Waals surface area contributed by atoms with E-state index >= 15 is 0 Å². The third-order valence-electron chi connectivity index (χ3n) is 3.25. The molecule has 2 aromatic rings. The molecular weight excluding hydrogens is 266 g/mol. The summed E-state index contributed by atoms with van der Waals surface area (Å²) in [5.74, 6) is 2.20. The van der Waals surface area contributed by atoms with Gasteiger partial charge in [0.15, 0.2) is 11.5 Å². The summed E-state index contributed by atoms with van der Waals surface area (Å²) < 4.78 is 10.6. The summed E-state index contributed by atoms with van der Waals surface area (Å²) in [7, 11) is 3.28. The van der Waals surface area contributed by atoms with Crippen molar-refractivity contribution in [2.75, 3.05) is 25.7 Å². The molecule has 1 aromatic heterocycles. The van der Waals surface area contributed by atoms with Crippen LogP contribution in [0.1, 0.15) is 18.1 Å². The van der Waals surface area contributed by atoms with E-state index in [1.165, 1.54) is 0 Å². The van der Waals surface area contributed by atoms with Gasteiger partial charge in [0, 0.05) is 25.5 Å². The van der Waals surface area contributed by atoms with Crippen molar-refractivity contribution in [1.82, 2.24) is 9.97 Å². The second-order valence-corrected chi connectivity index (χ2v) is 4.76. The second-order valence-electron chi connectivity index (χ2n) is 4.76. The predicted molar refractivity (Wildman–Crippen MR) is 83.0 cm³/mol. The van der Waals surface area contributed by atoms with Gasteiger partial charge in [-0.1, -0.05) is 6.07 Å². The molecule has 0 N–H and O–H groups in total. The zero-order valence-corrected chi connectivity index (χ0v) is 13.0. The molecule has 5 nitrogen and oxygen atoms in total. The Labute approximate surface area is 125 Å². The molecule has 21 heavy (non-hydrogen) atoms. The van der Waals surface area contributed by atoms with Gasteiger partial charge in [-0.25, -0.2) is 9.97 Å². The molecule has 1 aromatic carbocycles. The molecule has 0 saturated carbocycles. The maximum Gasteiger partial charge on any atom is 0.225 e. The fraction of sp³-hybridized carbons (Fsp3) is 0.375. The number of rotatable bonds is 6. The fourth-order valence-corrected chi connectivity index (χ4v) is 2.07. The summed E-state index contributed by atoms with van der Waals surface area (Å²) in [6, 6.07) is 5.92. The van der Waals surface area contributed by atoms with Crippen molar-refractivity contribution >= 4 is 5.95 Å². The van der Waals surface area contributed by atoms with E-state index in [0.29, 0.717) is 0 Å². The Balaban J connectivity index is 2.20. The number of hydrogen-bond donors (Lipinski definition) is 0. The predicted octanol–water partition coefficient (Wildman–Crippen LogP) is 2.83. The normalized spacial score (nSPS) is 10.3. The highest BCUT2D eigenvalue weighted by Gasteiger charge is 2.10. The number of nitrogens with zero attached hydrogens (tertiary/aromatic N) is 3. The smallest absolute Gasteiger partial charge is 0.225 e. The molecular formula is C16H21N3O2. The summed E-state index contributed by atoms with van der Waals surface area (Å²) in [6.45, 7) is 5.62. The first-order valence-electron chi connectivity index (χ1n) is 6.92. The minimum Gasteiger partial charge on any atom is -0.493 e. The Bertz CT molecular complexity index is 585. The molecule has 5 heteroatoms. The van der Waals surface area contributed by atoms with Gasteiger partial charge in [-0.2, -0.15) is 0 Å². The number of hydrogen-bond acceptors (Lipinski definition) is 5.